The summed E-state index contributed by atoms with van der Waals surface area (Å²) in [6, 6.07) is 0.000583. The van der Waals surface area contributed by atoms with Gasteiger partial charge in [0.15, 0.2) is 0 Å². The quantitative estimate of drug-likeness (QED) is 0.836. The first-order chi connectivity index (χ1) is 10.5. The van der Waals surface area contributed by atoms with Gasteiger partial charge in [0.25, 0.3) is 0 Å². The molecule has 2 aliphatic carbocycles. The van der Waals surface area contributed by atoms with Crippen molar-refractivity contribution in [2.45, 2.75) is 57.9 Å². The van der Waals surface area contributed by atoms with E-state index in [0.29, 0.717) is 31.3 Å². The molecule has 3 aliphatic rings. The first-order valence-electron chi connectivity index (χ1n) is 8.77. The average Bonchev–Trinajstić information content (AvgIpc) is 3.09. The Morgan fingerprint density at radius 3 is 2.41 bits per heavy atom. The van der Waals surface area contributed by atoms with Crippen LogP contribution in [0.15, 0.2) is 0 Å². The third-order valence-corrected chi connectivity index (χ3v) is 7.32. The third-order valence-electron chi connectivity index (χ3n) is 5.68. The average molecular weight is 328 g/mol. The molecule has 2 saturated carbocycles. The number of nitrogens with zero attached hydrogens (tertiary/aromatic N) is 1. The lowest BCUT2D eigenvalue weighted by Gasteiger charge is -2.35. The van der Waals surface area contributed by atoms with Gasteiger partial charge in [0, 0.05) is 25.0 Å². The number of carbonyl (C=O) groups excluding carboxylic acids is 1. The Hall–Kier alpha value is -0.620. The van der Waals surface area contributed by atoms with Crippen LogP contribution in [0.2, 0.25) is 0 Å². The number of nitrogens with one attached hydrogen (secondary N) is 1. The van der Waals surface area contributed by atoms with Crippen molar-refractivity contribution in [2.75, 3.05) is 18.8 Å². The molecule has 1 saturated heterocycles. The van der Waals surface area contributed by atoms with Gasteiger partial charge in [-0.1, -0.05) is 13.3 Å². The maximum absolute atomic E-state index is 12.7. The molecule has 0 spiro atoms. The molecule has 2 bridgehead atoms. The molecular formula is C16H28N2O3S. The summed E-state index contributed by atoms with van der Waals surface area (Å²) >= 11 is 0. The first kappa shape index (κ1) is 16.2. The molecule has 1 heterocycles. The molecule has 1 N–H and O–H groups in total. The van der Waals surface area contributed by atoms with Crippen LogP contribution in [0, 0.1) is 17.8 Å². The molecule has 3 atom stereocenters. The molecule has 22 heavy (non-hydrogen) atoms. The minimum atomic E-state index is -3.15. The lowest BCUT2D eigenvalue weighted by atomic mass is 9.87. The lowest BCUT2D eigenvalue weighted by molar-refractivity contribution is -0.138. The van der Waals surface area contributed by atoms with Crippen molar-refractivity contribution in [1.82, 2.24) is 9.62 Å². The van der Waals surface area contributed by atoms with Gasteiger partial charge in [0.1, 0.15) is 0 Å². The summed E-state index contributed by atoms with van der Waals surface area (Å²) in [6.45, 7) is 3.27. The summed E-state index contributed by atoms with van der Waals surface area (Å²) in [7, 11) is -3.15. The topological polar surface area (TPSA) is 66.5 Å². The van der Waals surface area contributed by atoms with E-state index < -0.39 is 10.0 Å². The van der Waals surface area contributed by atoms with Crippen LogP contribution >= 0.6 is 0 Å². The van der Waals surface area contributed by atoms with Gasteiger partial charge in [-0.15, -0.1) is 0 Å². The Morgan fingerprint density at radius 2 is 1.86 bits per heavy atom. The number of hydrogen-bond donors (Lipinski definition) is 1. The van der Waals surface area contributed by atoms with Crippen molar-refractivity contribution < 1.29 is 13.2 Å². The Labute approximate surface area is 133 Å². The molecule has 0 aromatic carbocycles. The number of amides is 1. The molecule has 0 aromatic heterocycles. The lowest BCUT2D eigenvalue weighted by Crippen LogP contribution is -2.48. The fourth-order valence-corrected chi connectivity index (χ4v) is 5.98. The molecule has 3 rings (SSSR count). The van der Waals surface area contributed by atoms with Crippen LogP contribution in [0.1, 0.15) is 51.9 Å². The third kappa shape index (κ3) is 3.48. The Morgan fingerprint density at radius 1 is 1.14 bits per heavy atom. The molecule has 0 aromatic rings. The molecule has 0 unspecified atom stereocenters. The summed E-state index contributed by atoms with van der Waals surface area (Å²) in [4.78, 5) is 14.7. The van der Waals surface area contributed by atoms with Gasteiger partial charge in [-0.2, -0.15) is 0 Å². The Bertz CT molecular complexity index is 511. The summed E-state index contributed by atoms with van der Waals surface area (Å²) in [6.07, 6.45) is 7.02. The Balaban J connectivity index is 1.48. The zero-order valence-electron chi connectivity index (χ0n) is 13.5. The number of fused-ring (bicyclic) bond motifs is 2. The molecule has 3 fully saturated rings. The van der Waals surface area contributed by atoms with Crippen molar-refractivity contribution in [3.8, 4) is 0 Å². The van der Waals surface area contributed by atoms with E-state index in [2.05, 4.69) is 4.72 Å². The molecule has 1 amide bonds. The van der Waals surface area contributed by atoms with E-state index in [4.69, 9.17) is 0 Å². The zero-order chi connectivity index (χ0) is 15.7. The van der Waals surface area contributed by atoms with Gasteiger partial charge >= 0.3 is 0 Å². The first-order valence-corrected chi connectivity index (χ1v) is 10.4. The molecule has 1 aliphatic heterocycles. The minimum Gasteiger partial charge on any atom is -0.342 e. The number of likely N-dealkylation sites (tertiary alicyclic amines) is 1. The van der Waals surface area contributed by atoms with Gasteiger partial charge in [-0.3, -0.25) is 4.79 Å². The fraction of sp³-hybridized carbons (Fsp3) is 0.938. The van der Waals surface area contributed by atoms with Crippen LogP contribution in [0.5, 0.6) is 0 Å². The number of rotatable bonds is 5. The molecule has 5 nitrogen and oxygen atoms in total. The van der Waals surface area contributed by atoms with Crippen molar-refractivity contribution in [3.63, 3.8) is 0 Å². The van der Waals surface area contributed by atoms with Crippen molar-refractivity contribution in [2.24, 2.45) is 17.8 Å². The molecule has 126 valence electrons. The summed E-state index contributed by atoms with van der Waals surface area (Å²) < 4.78 is 26.4. The standard InChI is InChI=1S/C16H28N2O3S/c1-2-9-22(20,21)17-14-5-7-18(8-6-14)16(19)15-11-12-3-4-13(15)10-12/h12-15,17H,2-11H2,1H3/t12-,13-,15+/m0/s1. The number of carbonyl (C=O) groups is 1. The van der Waals surface area contributed by atoms with Crippen LogP contribution in [0.3, 0.4) is 0 Å². The second kappa shape index (κ2) is 6.48. The predicted molar refractivity (Wildman–Crippen MR) is 85.8 cm³/mol. The highest BCUT2D eigenvalue weighted by Gasteiger charge is 2.44. The van der Waals surface area contributed by atoms with Crippen LogP contribution in [0.25, 0.3) is 0 Å². The highest BCUT2D eigenvalue weighted by molar-refractivity contribution is 7.89. The van der Waals surface area contributed by atoms with Crippen LogP contribution in [-0.4, -0.2) is 44.1 Å². The molecule has 6 heteroatoms. The van der Waals surface area contributed by atoms with E-state index in [-0.39, 0.29) is 17.7 Å². The number of piperidine rings is 1. The van der Waals surface area contributed by atoms with Gasteiger partial charge < -0.3 is 4.90 Å². The number of hydrogen-bond acceptors (Lipinski definition) is 3. The summed E-state index contributed by atoms with van der Waals surface area (Å²) in [5, 5.41) is 0. The largest absolute Gasteiger partial charge is 0.342 e. The van der Waals surface area contributed by atoms with E-state index in [0.717, 1.165) is 25.2 Å². The second-order valence-electron chi connectivity index (χ2n) is 7.32. The molecule has 0 radical (unpaired) electrons. The maximum atomic E-state index is 12.7. The summed E-state index contributed by atoms with van der Waals surface area (Å²) in [5.41, 5.74) is 0. The number of sulfonamides is 1. The monoisotopic (exact) mass is 328 g/mol. The van der Waals surface area contributed by atoms with Gasteiger partial charge in [-0.05, 0) is 50.4 Å². The minimum absolute atomic E-state index is 0.000583. The van der Waals surface area contributed by atoms with E-state index in [1.807, 2.05) is 11.8 Å². The van der Waals surface area contributed by atoms with Gasteiger partial charge in [0.05, 0.1) is 5.75 Å². The van der Waals surface area contributed by atoms with Crippen molar-refractivity contribution in [1.29, 1.82) is 0 Å². The second-order valence-corrected chi connectivity index (χ2v) is 9.19. The van der Waals surface area contributed by atoms with Crippen LogP contribution < -0.4 is 4.72 Å². The predicted octanol–water partition coefficient (Wildman–Crippen LogP) is 1.74. The van der Waals surface area contributed by atoms with E-state index in [1.165, 1.54) is 19.3 Å². The van der Waals surface area contributed by atoms with Gasteiger partial charge in [-0.25, -0.2) is 13.1 Å². The van der Waals surface area contributed by atoms with E-state index in [9.17, 15) is 13.2 Å². The van der Waals surface area contributed by atoms with Crippen molar-refractivity contribution >= 4 is 15.9 Å². The Kier molecular flexibility index (Phi) is 4.78. The SMILES string of the molecule is CCCS(=O)(=O)NC1CCN(C(=O)[C@@H]2C[C@H]3CC[C@H]2C3)CC1. The normalized spacial score (nSPS) is 32.6. The van der Waals surface area contributed by atoms with Crippen LogP contribution in [-0.2, 0) is 14.8 Å². The van der Waals surface area contributed by atoms with Gasteiger partial charge in [0.2, 0.25) is 15.9 Å². The zero-order valence-corrected chi connectivity index (χ0v) is 14.3. The van der Waals surface area contributed by atoms with E-state index in [1.54, 1.807) is 0 Å². The maximum Gasteiger partial charge on any atom is 0.225 e. The highest BCUT2D eigenvalue weighted by atomic mass is 32.2. The van der Waals surface area contributed by atoms with E-state index >= 15 is 0 Å². The highest BCUT2D eigenvalue weighted by Crippen LogP contribution is 2.49. The molecular weight excluding hydrogens is 300 g/mol. The van der Waals surface area contributed by atoms with Crippen molar-refractivity contribution in [3.05, 3.63) is 0 Å². The smallest absolute Gasteiger partial charge is 0.225 e. The summed E-state index contributed by atoms with van der Waals surface area (Å²) in [5.74, 6) is 2.20. The van der Waals surface area contributed by atoms with Crippen LogP contribution in [0.4, 0.5) is 0 Å². The fourth-order valence-electron chi connectivity index (χ4n) is 4.58.